The second-order valence-electron chi connectivity index (χ2n) is 7.05. The molecule has 2 unspecified atom stereocenters. The quantitative estimate of drug-likeness (QED) is 0.580. The van der Waals surface area contributed by atoms with Crippen molar-refractivity contribution in [1.82, 2.24) is 14.7 Å². The number of rotatable bonds is 5. The minimum atomic E-state index is -0.461. The van der Waals surface area contributed by atoms with E-state index in [-0.39, 0.29) is 30.2 Å². The second-order valence-corrected chi connectivity index (χ2v) is 7.84. The number of nitrogens with one attached hydrogen (secondary N) is 1. The number of fused-ring (bicyclic) bond motifs is 1. The summed E-state index contributed by atoms with van der Waals surface area (Å²) in [5.74, 6) is -1.29. The number of amides is 3. The lowest BCUT2D eigenvalue weighted by atomic mass is 9.85. The molecule has 2 aliphatic rings. The number of likely N-dealkylation sites (tertiary alicyclic amines) is 1. The van der Waals surface area contributed by atoms with E-state index < -0.39 is 5.91 Å². The third kappa shape index (κ3) is 3.80. The van der Waals surface area contributed by atoms with Gasteiger partial charge in [0.25, 0.3) is 0 Å². The molecule has 1 aliphatic heterocycles. The van der Waals surface area contributed by atoms with E-state index in [0.29, 0.717) is 35.2 Å². The van der Waals surface area contributed by atoms with Crippen molar-refractivity contribution in [2.45, 2.75) is 19.4 Å². The smallest absolute Gasteiger partial charge is 0.245 e. The molecule has 0 spiro atoms. The first kappa shape index (κ1) is 19.7. The van der Waals surface area contributed by atoms with Gasteiger partial charge < -0.3 is 5.32 Å². The van der Waals surface area contributed by atoms with Gasteiger partial charge in [0.15, 0.2) is 0 Å². The van der Waals surface area contributed by atoms with E-state index in [4.69, 9.17) is 23.2 Å². The van der Waals surface area contributed by atoms with Gasteiger partial charge in [-0.15, -0.1) is 0 Å². The number of aromatic nitrogens is 2. The number of carbonyl (C=O) groups is 3. The van der Waals surface area contributed by atoms with Gasteiger partial charge in [-0.3, -0.25) is 19.3 Å². The summed E-state index contributed by atoms with van der Waals surface area (Å²) in [6.45, 7) is -0.00678. The molecule has 150 valence electrons. The summed E-state index contributed by atoms with van der Waals surface area (Å²) in [5, 5.41) is 7.78. The Balaban J connectivity index is 1.44. The summed E-state index contributed by atoms with van der Waals surface area (Å²) in [5.41, 5.74) is 0.750. The topological polar surface area (TPSA) is 84.3 Å². The number of allylic oxidation sites excluding steroid dienone is 2. The third-order valence-corrected chi connectivity index (χ3v) is 6.09. The van der Waals surface area contributed by atoms with E-state index in [2.05, 4.69) is 10.4 Å². The van der Waals surface area contributed by atoms with Gasteiger partial charge in [0.2, 0.25) is 17.7 Å². The van der Waals surface area contributed by atoms with Crippen LogP contribution in [-0.2, 0) is 20.9 Å². The van der Waals surface area contributed by atoms with Gasteiger partial charge in [-0.05, 0) is 24.5 Å². The maximum atomic E-state index is 12.5. The highest BCUT2D eigenvalue weighted by molar-refractivity contribution is 6.42. The zero-order valence-corrected chi connectivity index (χ0v) is 16.9. The number of carbonyl (C=O) groups excluding carboxylic acids is 3. The van der Waals surface area contributed by atoms with Gasteiger partial charge in [-0.1, -0.05) is 47.5 Å². The summed E-state index contributed by atoms with van der Waals surface area (Å²) >= 11 is 12.3. The molecule has 7 nitrogen and oxygen atoms in total. The van der Waals surface area contributed by atoms with Gasteiger partial charge >= 0.3 is 0 Å². The van der Waals surface area contributed by atoms with E-state index >= 15 is 0 Å². The second kappa shape index (κ2) is 8.00. The predicted molar refractivity (Wildman–Crippen MR) is 108 cm³/mol. The summed E-state index contributed by atoms with van der Waals surface area (Å²) in [7, 11) is 0. The maximum absolute atomic E-state index is 12.5. The zero-order chi connectivity index (χ0) is 20.5. The molecule has 3 amide bonds. The molecule has 1 aromatic carbocycles. The molecule has 0 bridgehead atoms. The van der Waals surface area contributed by atoms with Crippen molar-refractivity contribution in [3.05, 3.63) is 58.2 Å². The van der Waals surface area contributed by atoms with Crippen molar-refractivity contribution in [2.75, 3.05) is 11.9 Å². The first-order chi connectivity index (χ1) is 14.0. The predicted octanol–water partition coefficient (Wildman–Crippen LogP) is 3.13. The fourth-order valence-electron chi connectivity index (χ4n) is 3.75. The lowest BCUT2D eigenvalue weighted by molar-refractivity contribution is -0.142. The van der Waals surface area contributed by atoms with Crippen LogP contribution in [0, 0.1) is 11.8 Å². The van der Waals surface area contributed by atoms with Gasteiger partial charge in [0, 0.05) is 6.07 Å². The highest BCUT2D eigenvalue weighted by Gasteiger charge is 2.47. The molecule has 2 atom stereocenters. The van der Waals surface area contributed by atoms with E-state index in [0.717, 1.165) is 10.5 Å². The van der Waals surface area contributed by atoms with Crippen LogP contribution in [0.2, 0.25) is 10.0 Å². The van der Waals surface area contributed by atoms with Crippen molar-refractivity contribution in [2.24, 2.45) is 11.8 Å². The molecule has 0 saturated carbocycles. The van der Waals surface area contributed by atoms with Crippen LogP contribution in [0.15, 0.2) is 42.6 Å². The zero-order valence-electron chi connectivity index (χ0n) is 15.3. The normalized spacial score (nSPS) is 20.8. The first-order valence-corrected chi connectivity index (χ1v) is 9.96. The van der Waals surface area contributed by atoms with Crippen LogP contribution in [0.25, 0.3) is 0 Å². The Morgan fingerprint density at radius 2 is 1.79 bits per heavy atom. The number of nitrogens with zero attached hydrogens (tertiary/aromatic N) is 3. The highest BCUT2D eigenvalue weighted by atomic mass is 35.5. The van der Waals surface area contributed by atoms with Crippen LogP contribution in [-0.4, -0.2) is 38.9 Å². The molecule has 1 N–H and O–H groups in total. The molecule has 1 aromatic heterocycles. The largest absolute Gasteiger partial charge is 0.309 e. The molecule has 1 aliphatic carbocycles. The fourth-order valence-corrected chi connectivity index (χ4v) is 4.13. The van der Waals surface area contributed by atoms with Gasteiger partial charge in [0.05, 0.1) is 34.6 Å². The van der Waals surface area contributed by atoms with E-state index in [9.17, 15) is 14.4 Å². The summed E-state index contributed by atoms with van der Waals surface area (Å²) in [4.78, 5) is 38.6. The van der Waals surface area contributed by atoms with Gasteiger partial charge in [-0.2, -0.15) is 5.10 Å². The Kier molecular flexibility index (Phi) is 5.43. The van der Waals surface area contributed by atoms with E-state index in [1.807, 2.05) is 18.2 Å². The van der Waals surface area contributed by atoms with Crippen LogP contribution in [0.5, 0.6) is 0 Å². The van der Waals surface area contributed by atoms with Crippen molar-refractivity contribution in [3.63, 3.8) is 0 Å². The average Bonchev–Trinajstić information content (AvgIpc) is 3.24. The molecule has 2 aromatic rings. The number of halogens is 2. The molecular weight excluding hydrogens is 415 g/mol. The standard InChI is InChI=1S/C20H18Cl2N4O3/c21-15-7-3-4-12(18(15)22)10-26-16(8-9-23-26)24-17(27)11-25-19(28)13-5-1-2-6-14(13)20(25)29/h1-4,7-9,13-14H,5-6,10-11H2,(H,24,27). The molecule has 1 fully saturated rings. The number of hydrogen-bond acceptors (Lipinski definition) is 4. The van der Waals surface area contributed by atoms with Crippen LogP contribution in [0.3, 0.4) is 0 Å². The fraction of sp³-hybridized carbons (Fsp3) is 0.300. The number of imide groups is 1. The van der Waals surface area contributed by atoms with Crippen LogP contribution >= 0.6 is 23.2 Å². The van der Waals surface area contributed by atoms with Crippen LogP contribution in [0.4, 0.5) is 5.82 Å². The number of anilines is 1. The molecule has 1 saturated heterocycles. The monoisotopic (exact) mass is 432 g/mol. The lowest BCUT2D eigenvalue weighted by Crippen LogP contribution is -2.38. The Morgan fingerprint density at radius 1 is 1.10 bits per heavy atom. The van der Waals surface area contributed by atoms with Crippen molar-refractivity contribution in [1.29, 1.82) is 0 Å². The Morgan fingerprint density at radius 3 is 2.48 bits per heavy atom. The summed E-state index contributed by atoms with van der Waals surface area (Å²) < 4.78 is 1.56. The highest BCUT2D eigenvalue weighted by Crippen LogP contribution is 2.35. The van der Waals surface area contributed by atoms with Crippen molar-refractivity contribution >= 4 is 46.7 Å². The number of benzene rings is 1. The summed E-state index contributed by atoms with van der Waals surface area (Å²) in [6.07, 6.45) is 6.45. The minimum Gasteiger partial charge on any atom is -0.309 e. The molecule has 2 heterocycles. The van der Waals surface area contributed by atoms with E-state index in [1.54, 1.807) is 29.1 Å². The first-order valence-electron chi connectivity index (χ1n) is 9.20. The lowest BCUT2D eigenvalue weighted by Gasteiger charge is -2.15. The maximum Gasteiger partial charge on any atom is 0.245 e. The van der Waals surface area contributed by atoms with Gasteiger partial charge in [-0.25, -0.2) is 4.68 Å². The van der Waals surface area contributed by atoms with E-state index in [1.165, 1.54) is 0 Å². The molecule has 0 radical (unpaired) electrons. The molecule has 9 heteroatoms. The van der Waals surface area contributed by atoms with Crippen molar-refractivity contribution in [3.8, 4) is 0 Å². The SMILES string of the molecule is O=C(CN1C(=O)C2CC=CCC2C1=O)Nc1ccnn1Cc1cccc(Cl)c1Cl. The van der Waals surface area contributed by atoms with Crippen LogP contribution in [0.1, 0.15) is 18.4 Å². The third-order valence-electron chi connectivity index (χ3n) is 5.24. The molecule has 4 rings (SSSR count). The minimum absolute atomic E-state index is 0.279. The number of hydrogen-bond donors (Lipinski definition) is 1. The van der Waals surface area contributed by atoms with Crippen LogP contribution < -0.4 is 5.32 Å². The molecule has 29 heavy (non-hydrogen) atoms. The van der Waals surface area contributed by atoms with Crippen molar-refractivity contribution < 1.29 is 14.4 Å². The summed E-state index contributed by atoms with van der Waals surface area (Å²) in [6, 6.07) is 6.92. The average molecular weight is 433 g/mol. The Bertz CT molecular complexity index is 991. The molecular formula is C20H18Cl2N4O3. The van der Waals surface area contributed by atoms with Gasteiger partial charge in [0.1, 0.15) is 12.4 Å². The Hall–Kier alpha value is -2.64. The Labute approximate surface area is 177 Å².